The third-order valence-corrected chi connectivity index (χ3v) is 8.49. The molecule has 0 fully saturated rings. The lowest BCUT2D eigenvalue weighted by molar-refractivity contribution is 0.0884. The molecule has 0 amide bonds. The monoisotopic (exact) mass is 482 g/mol. The molecule has 1 nitrogen and oxygen atoms in total. The van der Waals surface area contributed by atoms with E-state index >= 15 is 0 Å². The van der Waals surface area contributed by atoms with E-state index in [0.717, 1.165) is 38.5 Å². The van der Waals surface area contributed by atoms with Gasteiger partial charge in [-0.1, -0.05) is 98.1 Å². The molecule has 2 aliphatic rings. The van der Waals surface area contributed by atoms with Crippen molar-refractivity contribution in [1.29, 1.82) is 0 Å². The van der Waals surface area contributed by atoms with Crippen LogP contribution in [0.3, 0.4) is 0 Å². The van der Waals surface area contributed by atoms with Gasteiger partial charge in [0.25, 0.3) is 0 Å². The predicted octanol–water partition coefficient (Wildman–Crippen LogP) is 8.70. The lowest BCUT2D eigenvalue weighted by atomic mass is 9.89. The largest absolute Gasteiger partial charge is 0.381 e. The summed E-state index contributed by atoms with van der Waals surface area (Å²) < 4.78 is 6.05. The zero-order valence-corrected chi connectivity index (χ0v) is 21.7. The number of benzene rings is 4. The first-order valence-corrected chi connectivity index (χ1v) is 13.5. The van der Waals surface area contributed by atoms with Crippen molar-refractivity contribution in [2.45, 2.75) is 44.6 Å². The average molecular weight is 483 g/mol. The fourth-order valence-corrected chi connectivity index (χ4v) is 6.55. The van der Waals surface area contributed by atoms with E-state index in [1.807, 2.05) is 19.3 Å². The minimum Gasteiger partial charge on any atom is -0.381 e. The number of methoxy groups -OCH3 is 1. The second kappa shape index (κ2) is 10.00. The third-order valence-electron chi connectivity index (χ3n) is 8.49. The van der Waals surface area contributed by atoms with Crippen molar-refractivity contribution in [3.8, 4) is 22.3 Å². The molecule has 4 aromatic rings. The SMILES string of the molecule is C=Cc1ccc2c(c1CCC(CCc1c(C=C)ccc3c1Cc1ccccc1-3)OC)Cc1ccccc1-2. The maximum atomic E-state index is 6.05. The molecule has 0 heterocycles. The highest BCUT2D eigenvalue weighted by Crippen LogP contribution is 2.41. The van der Waals surface area contributed by atoms with Crippen molar-refractivity contribution in [3.05, 3.63) is 130 Å². The molecule has 0 saturated carbocycles. The van der Waals surface area contributed by atoms with E-state index in [1.54, 1.807) is 0 Å². The number of ether oxygens (including phenoxy) is 1. The molecule has 0 N–H and O–H groups in total. The van der Waals surface area contributed by atoms with Gasteiger partial charge in [-0.3, -0.25) is 0 Å². The molecule has 0 aliphatic heterocycles. The molecule has 0 aromatic heterocycles. The van der Waals surface area contributed by atoms with Gasteiger partial charge in [-0.2, -0.15) is 0 Å². The van der Waals surface area contributed by atoms with Gasteiger partial charge in [0, 0.05) is 7.11 Å². The van der Waals surface area contributed by atoms with Crippen LogP contribution in [-0.4, -0.2) is 13.2 Å². The maximum absolute atomic E-state index is 6.05. The van der Waals surface area contributed by atoms with Crippen LogP contribution in [0.1, 0.15) is 57.3 Å². The summed E-state index contributed by atoms with van der Waals surface area (Å²) in [6.45, 7) is 8.24. The number of fused-ring (bicyclic) bond motifs is 6. The summed E-state index contributed by atoms with van der Waals surface area (Å²) in [5.41, 5.74) is 16.7. The van der Waals surface area contributed by atoms with Crippen molar-refractivity contribution in [2.75, 3.05) is 7.11 Å². The molecule has 184 valence electrons. The second-order valence-corrected chi connectivity index (χ2v) is 10.3. The Morgan fingerprint density at radius 2 is 1.11 bits per heavy atom. The first-order valence-electron chi connectivity index (χ1n) is 13.5. The van der Waals surface area contributed by atoms with Gasteiger partial charge in [0.05, 0.1) is 6.10 Å². The van der Waals surface area contributed by atoms with E-state index in [2.05, 4.69) is 86.0 Å². The van der Waals surface area contributed by atoms with E-state index in [-0.39, 0.29) is 6.10 Å². The molecule has 6 rings (SSSR count). The van der Waals surface area contributed by atoms with Crippen LogP contribution in [0.15, 0.2) is 86.0 Å². The molecule has 0 atom stereocenters. The first kappa shape index (κ1) is 23.7. The van der Waals surface area contributed by atoms with E-state index in [4.69, 9.17) is 4.74 Å². The van der Waals surface area contributed by atoms with Crippen molar-refractivity contribution in [2.24, 2.45) is 0 Å². The van der Waals surface area contributed by atoms with Crippen LogP contribution in [0.4, 0.5) is 0 Å². The molecule has 1 heteroatoms. The molecule has 0 bridgehead atoms. The summed E-state index contributed by atoms with van der Waals surface area (Å²) in [6.07, 6.45) is 10.3. The quantitative estimate of drug-likeness (QED) is 0.200. The maximum Gasteiger partial charge on any atom is 0.0577 e. The Kier molecular flexibility index (Phi) is 6.40. The van der Waals surface area contributed by atoms with Crippen molar-refractivity contribution >= 4 is 12.2 Å². The standard InChI is InChI=1S/C36H34O/c1-4-24-14-18-33-29-12-8-6-10-26(29)22-35(33)31(24)20-16-28(37-3)17-21-32-25(5-2)15-19-34-30-13-9-7-11-27(30)23-36(32)34/h4-15,18-19,28H,1-2,16-17,20-23H2,3H3. The van der Waals surface area contributed by atoms with Crippen LogP contribution >= 0.6 is 0 Å². The molecule has 0 saturated heterocycles. The van der Waals surface area contributed by atoms with Crippen LogP contribution in [0.2, 0.25) is 0 Å². The minimum absolute atomic E-state index is 0.203. The summed E-state index contributed by atoms with van der Waals surface area (Å²) in [7, 11) is 1.87. The van der Waals surface area contributed by atoms with Gasteiger partial charge in [-0.25, -0.2) is 0 Å². The van der Waals surface area contributed by atoms with Crippen molar-refractivity contribution in [1.82, 2.24) is 0 Å². The Morgan fingerprint density at radius 1 is 0.649 bits per heavy atom. The Hall–Kier alpha value is -3.68. The van der Waals surface area contributed by atoms with Crippen LogP contribution in [0.5, 0.6) is 0 Å². The normalized spacial score (nSPS) is 12.7. The lowest BCUT2D eigenvalue weighted by Gasteiger charge is -2.20. The van der Waals surface area contributed by atoms with E-state index in [9.17, 15) is 0 Å². The highest BCUT2D eigenvalue weighted by atomic mass is 16.5. The molecule has 0 spiro atoms. The Balaban J connectivity index is 1.22. The summed E-state index contributed by atoms with van der Waals surface area (Å²) in [5, 5.41) is 0. The molecule has 0 radical (unpaired) electrons. The summed E-state index contributed by atoms with van der Waals surface area (Å²) in [4.78, 5) is 0. The number of hydrogen-bond donors (Lipinski definition) is 0. The predicted molar refractivity (Wildman–Crippen MR) is 157 cm³/mol. The molecular formula is C36H34O. The lowest BCUT2D eigenvalue weighted by Crippen LogP contribution is -2.15. The topological polar surface area (TPSA) is 9.23 Å². The van der Waals surface area contributed by atoms with E-state index < -0.39 is 0 Å². The van der Waals surface area contributed by atoms with Gasteiger partial charge in [0.2, 0.25) is 0 Å². The van der Waals surface area contributed by atoms with Crippen LogP contribution < -0.4 is 0 Å². The van der Waals surface area contributed by atoms with E-state index in [0.29, 0.717) is 0 Å². The smallest absolute Gasteiger partial charge is 0.0577 e. The van der Waals surface area contributed by atoms with Gasteiger partial charge in [0.1, 0.15) is 0 Å². The molecule has 2 aliphatic carbocycles. The van der Waals surface area contributed by atoms with Crippen LogP contribution in [-0.2, 0) is 30.4 Å². The summed E-state index contributed by atoms with van der Waals surface area (Å²) in [6, 6.07) is 26.7. The van der Waals surface area contributed by atoms with E-state index in [1.165, 1.54) is 66.8 Å². The zero-order valence-electron chi connectivity index (χ0n) is 21.7. The Bertz CT molecular complexity index is 1390. The average Bonchev–Trinajstić information content (AvgIpc) is 3.51. The minimum atomic E-state index is 0.203. The van der Waals surface area contributed by atoms with Gasteiger partial charge in [-0.15, -0.1) is 0 Å². The Morgan fingerprint density at radius 3 is 1.54 bits per heavy atom. The van der Waals surface area contributed by atoms with Gasteiger partial charge < -0.3 is 4.74 Å². The summed E-state index contributed by atoms with van der Waals surface area (Å²) >= 11 is 0. The van der Waals surface area contributed by atoms with Gasteiger partial charge in [0.15, 0.2) is 0 Å². The number of hydrogen-bond acceptors (Lipinski definition) is 1. The highest BCUT2D eigenvalue weighted by molar-refractivity contribution is 5.81. The fraction of sp³-hybridized carbons (Fsp3) is 0.222. The summed E-state index contributed by atoms with van der Waals surface area (Å²) in [5.74, 6) is 0. The molecule has 37 heavy (non-hydrogen) atoms. The molecule has 4 aromatic carbocycles. The zero-order chi connectivity index (χ0) is 25.4. The number of rotatable bonds is 9. The third kappa shape index (κ3) is 4.18. The first-order chi connectivity index (χ1) is 18.2. The van der Waals surface area contributed by atoms with Crippen molar-refractivity contribution < 1.29 is 4.74 Å². The van der Waals surface area contributed by atoms with Gasteiger partial charge >= 0.3 is 0 Å². The fourth-order valence-electron chi connectivity index (χ4n) is 6.55. The van der Waals surface area contributed by atoms with Crippen LogP contribution in [0.25, 0.3) is 34.4 Å². The van der Waals surface area contributed by atoms with Crippen molar-refractivity contribution in [3.63, 3.8) is 0 Å². The highest BCUT2D eigenvalue weighted by Gasteiger charge is 2.24. The second-order valence-electron chi connectivity index (χ2n) is 10.3. The van der Waals surface area contributed by atoms with Gasteiger partial charge in [-0.05, 0) is 105 Å². The molecule has 0 unspecified atom stereocenters. The molecular weight excluding hydrogens is 448 g/mol. The Labute approximate surface area is 221 Å². The van der Waals surface area contributed by atoms with Crippen LogP contribution in [0, 0.1) is 0 Å².